The van der Waals surface area contributed by atoms with Crippen molar-refractivity contribution in [3.63, 3.8) is 0 Å². The van der Waals surface area contributed by atoms with Crippen molar-refractivity contribution in [2.24, 2.45) is 0 Å². The van der Waals surface area contributed by atoms with Crippen molar-refractivity contribution < 1.29 is 0 Å². The fourth-order valence-corrected chi connectivity index (χ4v) is 3.31. The Morgan fingerprint density at radius 3 is 2.65 bits per heavy atom. The van der Waals surface area contributed by atoms with Gasteiger partial charge in [-0.05, 0) is 46.8 Å². The van der Waals surface area contributed by atoms with E-state index in [4.69, 9.17) is 4.98 Å². The molecule has 1 unspecified atom stereocenters. The molecule has 2 aromatic heterocycles. The van der Waals surface area contributed by atoms with Gasteiger partial charge in [0, 0.05) is 22.1 Å². The molecule has 1 saturated carbocycles. The molecule has 5 heteroatoms. The molecule has 1 atom stereocenters. The molecule has 0 saturated heterocycles. The van der Waals surface area contributed by atoms with Gasteiger partial charge in [0.25, 0.3) is 0 Å². The minimum Gasteiger partial charge on any atom is -0.300 e. The first-order valence-corrected chi connectivity index (χ1v) is 8.63. The molecule has 0 radical (unpaired) electrons. The fraction of sp³-hybridized carbons (Fsp3) is 0.467. The lowest BCUT2D eigenvalue weighted by Gasteiger charge is -2.15. The van der Waals surface area contributed by atoms with Crippen LogP contribution in [-0.4, -0.2) is 16.0 Å². The standard InChI is InChI=1S/C15H18BrN3S/c1-9(2)13-8-20-15(19-13)14(18-11-4-5-11)12-6-3-10(16)7-17-12/h3,6-9,11,14,18H,4-5H2,1-2H3. The number of nitrogens with zero attached hydrogens (tertiary/aromatic N) is 2. The summed E-state index contributed by atoms with van der Waals surface area (Å²) in [4.78, 5) is 9.34. The van der Waals surface area contributed by atoms with E-state index in [0.717, 1.165) is 15.2 Å². The van der Waals surface area contributed by atoms with Crippen LogP contribution in [0.15, 0.2) is 28.2 Å². The molecule has 0 bridgehead atoms. The third-order valence-electron chi connectivity index (χ3n) is 3.40. The van der Waals surface area contributed by atoms with Crippen LogP contribution >= 0.6 is 27.3 Å². The smallest absolute Gasteiger partial charge is 0.116 e. The number of pyridine rings is 1. The van der Waals surface area contributed by atoms with Gasteiger partial charge >= 0.3 is 0 Å². The van der Waals surface area contributed by atoms with Crippen LogP contribution in [0.4, 0.5) is 0 Å². The van der Waals surface area contributed by atoms with E-state index in [1.54, 1.807) is 11.3 Å². The highest BCUT2D eigenvalue weighted by molar-refractivity contribution is 9.10. The predicted molar refractivity (Wildman–Crippen MR) is 86.1 cm³/mol. The lowest BCUT2D eigenvalue weighted by Crippen LogP contribution is -2.25. The molecular weight excluding hydrogens is 334 g/mol. The second-order valence-electron chi connectivity index (χ2n) is 5.54. The van der Waals surface area contributed by atoms with Crippen LogP contribution in [0.5, 0.6) is 0 Å². The van der Waals surface area contributed by atoms with Gasteiger partial charge in [-0.25, -0.2) is 4.98 Å². The molecule has 0 spiro atoms. The molecule has 106 valence electrons. The summed E-state index contributed by atoms with van der Waals surface area (Å²) in [5.74, 6) is 0.472. The van der Waals surface area contributed by atoms with E-state index in [0.29, 0.717) is 12.0 Å². The van der Waals surface area contributed by atoms with E-state index >= 15 is 0 Å². The topological polar surface area (TPSA) is 37.8 Å². The van der Waals surface area contributed by atoms with Crippen LogP contribution in [0.1, 0.15) is 55.0 Å². The molecule has 0 aliphatic heterocycles. The van der Waals surface area contributed by atoms with Gasteiger partial charge in [-0.2, -0.15) is 0 Å². The Morgan fingerprint density at radius 2 is 2.10 bits per heavy atom. The number of nitrogens with one attached hydrogen (secondary N) is 1. The Hall–Kier alpha value is -0.780. The molecule has 3 rings (SSSR count). The molecular formula is C15H18BrN3S. The van der Waals surface area contributed by atoms with Crippen molar-refractivity contribution in [2.45, 2.75) is 44.7 Å². The number of halogens is 1. The van der Waals surface area contributed by atoms with E-state index < -0.39 is 0 Å². The van der Waals surface area contributed by atoms with Crippen molar-refractivity contribution in [3.8, 4) is 0 Å². The number of thiazole rings is 1. The molecule has 1 N–H and O–H groups in total. The minimum absolute atomic E-state index is 0.119. The molecule has 3 nitrogen and oxygen atoms in total. The lowest BCUT2D eigenvalue weighted by molar-refractivity contribution is 0.582. The maximum atomic E-state index is 4.79. The summed E-state index contributed by atoms with van der Waals surface area (Å²) in [7, 11) is 0. The van der Waals surface area contributed by atoms with E-state index in [9.17, 15) is 0 Å². The van der Waals surface area contributed by atoms with Crippen molar-refractivity contribution in [3.05, 3.63) is 44.6 Å². The quantitative estimate of drug-likeness (QED) is 0.874. The van der Waals surface area contributed by atoms with Crippen molar-refractivity contribution in [1.82, 2.24) is 15.3 Å². The van der Waals surface area contributed by atoms with Crippen LogP contribution in [-0.2, 0) is 0 Å². The highest BCUT2D eigenvalue weighted by Gasteiger charge is 2.28. The lowest BCUT2D eigenvalue weighted by atomic mass is 10.1. The SMILES string of the molecule is CC(C)c1csc(C(NC2CC2)c2ccc(Br)cn2)n1. The van der Waals surface area contributed by atoms with Crippen molar-refractivity contribution in [1.29, 1.82) is 0 Å². The van der Waals surface area contributed by atoms with E-state index in [1.165, 1.54) is 18.5 Å². The van der Waals surface area contributed by atoms with Crippen LogP contribution in [0.25, 0.3) is 0 Å². The van der Waals surface area contributed by atoms with Crippen LogP contribution < -0.4 is 5.32 Å². The third kappa shape index (κ3) is 3.27. The first kappa shape index (κ1) is 14.2. The average Bonchev–Trinajstić information content (AvgIpc) is 3.11. The monoisotopic (exact) mass is 351 g/mol. The summed E-state index contributed by atoms with van der Waals surface area (Å²) in [5.41, 5.74) is 2.22. The van der Waals surface area contributed by atoms with Gasteiger partial charge in [0.2, 0.25) is 0 Å². The zero-order valence-electron chi connectivity index (χ0n) is 11.6. The van der Waals surface area contributed by atoms with Gasteiger partial charge in [0.15, 0.2) is 0 Å². The Morgan fingerprint density at radius 1 is 1.30 bits per heavy atom. The van der Waals surface area contributed by atoms with Crippen molar-refractivity contribution >= 4 is 27.3 Å². The highest BCUT2D eigenvalue weighted by Crippen LogP contribution is 2.31. The second-order valence-corrected chi connectivity index (χ2v) is 7.35. The normalized spacial score (nSPS) is 16.6. The zero-order chi connectivity index (χ0) is 14.1. The second kappa shape index (κ2) is 5.92. The van der Waals surface area contributed by atoms with E-state index in [1.807, 2.05) is 12.3 Å². The molecule has 1 aliphatic carbocycles. The Labute approximate surface area is 132 Å². The van der Waals surface area contributed by atoms with E-state index in [-0.39, 0.29) is 6.04 Å². The average molecular weight is 352 g/mol. The predicted octanol–water partition coefficient (Wildman–Crippen LogP) is 4.27. The number of hydrogen-bond acceptors (Lipinski definition) is 4. The molecule has 2 heterocycles. The summed E-state index contributed by atoms with van der Waals surface area (Å²) in [5, 5.41) is 6.95. The first-order chi connectivity index (χ1) is 9.63. The van der Waals surface area contributed by atoms with Gasteiger partial charge in [-0.15, -0.1) is 11.3 Å². The molecule has 1 aliphatic rings. The summed E-state index contributed by atoms with van der Waals surface area (Å²) in [6.45, 7) is 4.36. The van der Waals surface area contributed by atoms with Crippen LogP contribution in [0.3, 0.4) is 0 Å². The van der Waals surface area contributed by atoms with Crippen molar-refractivity contribution in [2.75, 3.05) is 0 Å². The van der Waals surface area contributed by atoms with Gasteiger partial charge < -0.3 is 5.32 Å². The van der Waals surface area contributed by atoms with Gasteiger partial charge in [-0.1, -0.05) is 13.8 Å². The maximum Gasteiger partial charge on any atom is 0.116 e. The molecule has 20 heavy (non-hydrogen) atoms. The Balaban J connectivity index is 1.89. The van der Waals surface area contributed by atoms with Gasteiger partial charge in [-0.3, -0.25) is 4.98 Å². The maximum absolute atomic E-state index is 4.79. The van der Waals surface area contributed by atoms with Gasteiger partial charge in [0.1, 0.15) is 11.0 Å². The Bertz CT molecular complexity index is 575. The Kier molecular flexibility index (Phi) is 4.19. The summed E-state index contributed by atoms with van der Waals surface area (Å²) in [6, 6.07) is 4.85. The molecule has 0 aromatic carbocycles. The third-order valence-corrected chi connectivity index (χ3v) is 4.80. The highest BCUT2D eigenvalue weighted by atomic mass is 79.9. The number of aromatic nitrogens is 2. The fourth-order valence-electron chi connectivity index (χ4n) is 2.03. The molecule has 2 aromatic rings. The molecule has 1 fully saturated rings. The van der Waals surface area contributed by atoms with Gasteiger partial charge in [0.05, 0.1) is 11.4 Å². The summed E-state index contributed by atoms with van der Waals surface area (Å²) >= 11 is 5.17. The number of hydrogen-bond donors (Lipinski definition) is 1. The van der Waals surface area contributed by atoms with E-state index in [2.05, 4.69) is 51.5 Å². The molecule has 0 amide bonds. The number of rotatable bonds is 5. The first-order valence-electron chi connectivity index (χ1n) is 6.96. The van der Waals surface area contributed by atoms with Crippen LogP contribution in [0.2, 0.25) is 0 Å². The summed E-state index contributed by atoms with van der Waals surface area (Å²) < 4.78 is 1.01. The zero-order valence-corrected chi connectivity index (χ0v) is 14.0. The summed E-state index contributed by atoms with van der Waals surface area (Å²) in [6.07, 6.45) is 4.37. The minimum atomic E-state index is 0.119. The largest absolute Gasteiger partial charge is 0.300 e. The van der Waals surface area contributed by atoms with Crippen LogP contribution in [0, 0.1) is 0 Å².